The number of carbonyl (C=O) groups excluding carboxylic acids is 3. The number of H-pyrrole nitrogens is 2. The average molecular weight is 1190 g/mol. The van der Waals surface area contributed by atoms with E-state index in [1.807, 2.05) is 71.1 Å². The highest BCUT2D eigenvalue weighted by Gasteiger charge is 2.31. The van der Waals surface area contributed by atoms with Crippen molar-refractivity contribution in [3.63, 3.8) is 0 Å². The van der Waals surface area contributed by atoms with Crippen LogP contribution in [0.4, 0.5) is 11.4 Å². The molecule has 2 aliphatic carbocycles. The third-order valence-electron chi connectivity index (χ3n) is 18.7. The number of amides is 2. The Kier molecular flexibility index (Phi) is 22.7. The van der Waals surface area contributed by atoms with E-state index in [2.05, 4.69) is 135 Å². The zero-order valence-electron chi connectivity index (χ0n) is 54.2. The molecule has 0 atom stereocenters. The number of hydrogen-bond donors (Lipinski definition) is 4. The number of aldehydes is 1. The van der Waals surface area contributed by atoms with Crippen molar-refractivity contribution in [3.05, 3.63) is 161 Å². The Morgan fingerprint density at radius 1 is 0.575 bits per heavy atom. The number of nitrogens with one attached hydrogen (secondary N) is 4. The maximum Gasteiger partial charge on any atom is 0.253 e. The molecule has 1 aliphatic heterocycles. The van der Waals surface area contributed by atoms with Gasteiger partial charge in [0.15, 0.2) is 6.29 Å². The van der Waals surface area contributed by atoms with Crippen LogP contribution < -0.4 is 31.6 Å². The summed E-state index contributed by atoms with van der Waals surface area (Å²) in [6, 6.07) is 22.0. The highest BCUT2D eigenvalue weighted by atomic mass is 16.2. The molecule has 2 saturated carbocycles. The van der Waals surface area contributed by atoms with Crippen LogP contribution in [0, 0.1) is 41.5 Å². The first-order valence-electron chi connectivity index (χ1n) is 31.5. The molecule has 4 N–H and O–H groups in total. The van der Waals surface area contributed by atoms with Crippen LogP contribution in [0.25, 0.3) is 22.3 Å². The van der Waals surface area contributed by atoms with Crippen LogP contribution in [0.1, 0.15) is 153 Å². The largest absolute Gasteiger partial charge is 0.369 e. The quantitative estimate of drug-likeness (QED) is 0.0562. The summed E-state index contributed by atoms with van der Waals surface area (Å²) < 4.78 is 0. The lowest BCUT2D eigenvalue weighted by atomic mass is 9.88. The molecule has 1 saturated heterocycles. The molecule has 2 aromatic carbocycles. The Labute approximate surface area is 516 Å². The van der Waals surface area contributed by atoms with Gasteiger partial charge in [0.2, 0.25) is 0 Å². The van der Waals surface area contributed by atoms with Crippen LogP contribution >= 0.6 is 0 Å². The molecule has 5 heterocycles. The number of rotatable bonds is 19. The number of aromatic amines is 2. The molecule has 3 fully saturated rings. The van der Waals surface area contributed by atoms with Crippen molar-refractivity contribution < 1.29 is 14.4 Å². The zero-order valence-corrected chi connectivity index (χ0v) is 54.2. The maximum absolute atomic E-state index is 13.9. The summed E-state index contributed by atoms with van der Waals surface area (Å²) in [5.41, 5.74) is 14.4. The molecule has 17 nitrogen and oxygen atoms in total. The summed E-state index contributed by atoms with van der Waals surface area (Å²) >= 11 is 0. The van der Waals surface area contributed by atoms with Crippen LogP contribution in [-0.4, -0.2) is 156 Å². The molecule has 0 radical (unpaired) electrons. The normalized spacial score (nSPS) is 18.4. The Hall–Kier alpha value is -7.31. The van der Waals surface area contributed by atoms with E-state index >= 15 is 0 Å². The van der Waals surface area contributed by atoms with Crippen molar-refractivity contribution in [3.8, 4) is 22.3 Å². The standard InChI is InChI=1S/C38H55N7O2.C32H41N5O3/c1-8-45(33-14-12-32(13-15-33)42(5)6)36-22-30(29-10-11-31(39-23-29)25-44-17-9-16-43(7)18-19-44)21-34(28(36)4)37(46)40-24-35-26(2)20-27(3)41-38(35)47;1-7-37(27-12-10-26(11-13-27)36(5)6)30-16-24(23-8-9-25(19-38)33-17-23)15-28(22(30)4)31(39)34-18-29-20(2)14-21(3)35-32(29)40/h10-11,20-23,32-33H,8-9,12-19,24-25H2,1-7H3,(H,40,46)(H,41,47);8-9,14-17,19,26-27H,7,10-13,18H2,1-6H3,(H,34,39)(H,35,40). The van der Waals surface area contributed by atoms with Crippen molar-refractivity contribution in [1.82, 2.24) is 50.2 Å². The second kappa shape index (κ2) is 30.1. The van der Waals surface area contributed by atoms with Gasteiger partial charge in [0, 0.05) is 139 Å². The van der Waals surface area contributed by atoms with E-state index in [1.54, 1.807) is 12.3 Å². The van der Waals surface area contributed by atoms with Gasteiger partial charge in [0.1, 0.15) is 5.69 Å². The van der Waals surface area contributed by atoms with Gasteiger partial charge in [0.05, 0.1) is 5.69 Å². The number of nitrogens with zero attached hydrogens (tertiary/aromatic N) is 8. The van der Waals surface area contributed by atoms with Gasteiger partial charge in [-0.2, -0.15) is 0 Å². The third-order valence-corrected chi connectivity index (χ3v) is 18.7. The molecule has 2 amide bonds. The van der Waals surface area contributed by atoms with E-state index in [0.29, 0.717) is 52.1 Å². The molecule has 17 heteroatoms. The van der Waals surface area contributed by atoms with Crippen LogP contribution in [-0.2, 0) is 19.6 Å². The fourth-order valence-corrected chi connectivity index (χ4v) is 13.4. The number of pyridine rings is 4. The third kappa shape index (κ3) is 16.5. The van der Waals surface area contributed by atoms with E-state index in [-0.39, 0.29) is 36.0 Å². The van der Waals surface area contributed by atoms with Crippen LogP contribution in [0.2, 0.25) is 0 Å². The topological polar surface area (TPSA) is 186 Å². The molecule has 6 aromatic rings. The minimum absolute atomic E-state index is 0.140. The fourth-order valence-electron chi connectivity index (χ4n) is 13.4. The van der Waals surface area contributed by atoms with Crippen molar-refractivity contribution >= 4 is 29.5 Å². The fraction of sp³-hybridized carbons (Fsp3) is 0.500. The number of carbonyl (C=O) groups is 3. The first-order chi connectivity index (χ1) is 41.7. The molecule has 3 aliphatic rings. The minimum atomic E-state index is -0.232. The predicted octanol–water partition coefficient (Wildman–Crippen LogP) is 9.93. The van der Waals surface area contributed by atoms with Gasteiger partial charge in [-0.1, -0.05) is 12.1 Å². The second-order valence-corrected chi connectivity index (χ2v) is 25.1. The molecule has 0 spiro atoms. The molecule has 0 unspecified atom stereocenters. The number of benzene rings is 2. The molecule has 466 valence electrons. The summed E-state index contributed by atoms with van der Waals surface area (Å²) in [5, 5.41) is 6.06. The van der Waals surface area contributed by atoms with Gasteiger partial charge < -0.3 is 45.1 Å². The molecule has 0 bridgehead atoms. The zero-order chi connectivity index (χ0) is 62.6. The monoisotopic (exact) mass is 1180 g/mol. The van der Waals surface area contributed by atoms with Gasteiger partial charge in [-0.3, -0.25) is 38.8 Å². The van der Waals surface area contributed by atoms with Gasteiger partial charge >= 0.3 is 0 Å². The minimum Gasteiger partial charge on any atom is -0.369 e. The second-order valence-electron chi connectivity index (χ2n) is 25.1. The molecule has 4 aromatic heterocycles. The maximum atomic E-state index is 13.9. The first kappa shape index (κ1) is 65.7. The van der Waals surface area contributed by atoms with E-state index < -0.39 is 0 Å². The van der Waals surface area contributed by atoms with Crippen LogP contribution in [0.5, 0.6) is 0 Å². The highest BCUT2D eigenvalue weighted by Crippen LogP contribution is 2.38. The van der Waals surface area contributed by atoms with Crippen molar-refractivity contribution in [2.45, 2.75) is 157 Å². The number of hydrogen-bond acceptors (Lipinski definition) is 13. The van der Waals surface area contributed by atoms with Crippen molar-refractivity contribution in [2.24, 2.45) is 0 Å². The lowest BCUT2D eigenvalue weighted by Gasteiger charge is -2.40. The van der Waals surface area contributed by atoms with E-state index in [9.17, 15) is 24.0 Å². The Morgan fingerprint density at radius 3 is 1.41 bits per heavy atom. The Balaban J connectivity index is 0.000000229. The van der Waals surface area contributed by atoms with E-state index in [1.165, 1.54) is 19.3 Å². The number of aromatic nitrogens is 4. The molecular weight excluding hydrogens is 1090 g/mol. The highest BCUT2D eigenvalue weighted by molar-refractivity contribution is 6.00. The predicted molar refractivity (Wildman–Crippen MR) is 353 cm³/mol. The summed E-state index contributed by atoms with van der Waals surface area (Å²) in [6.07, 6.45) is 14.6. The summed E-state index contributed by atoms with van der Waals surface area (Å²) in [6.45, 7) is 23.2. The lowest BCUT2D eigenvalue weighted by molar-refractivity contribution is 0.0942. The summed E-state index contributed by atoms with van der Waals surface area (Å²) in [4.78, 5) is 93.3. The number of likely N-dealkylation sites (N-methyl/N-ethyl adjacent to an activating group) is 1. The molecular formula is C70H96N12O5. The van der Waals surface area contributed by atoms with Gasteiger partial charge in [0.25, 0.3) is 22.9 Å². The summed E-state index contributed by atoms with van der Waals surface area (Å²) in [7, 11) is 10.9. The van der Waals surface area contributed by atoms with E-state index in [0.717, 1.165) is 164 Å². The smallest absolute Gasteiger partial charge is 0.253 e. The van der Waals surface area contributed by atoms with Gasteiger partial charge in [-0.05, 0) is 243 Å². The SMILES string of the molecule is CCN(c1cc(-c2ccc(C=O)nc2)cc(C(=O)NCc2c(C)cc(C)[nH]c2=O)c1C)C1CCC(N(C)C)CC1.CCN(c1cc(-c2ccc(CN3CCCN(C)CC3)nc2)cc(C(=O)NCc2c(C)cc(C)[nH]c2=O)c1C)C1CCC(N(C)C)CC1. The first-order valence-corrected chi connectivity index (χ1v) is 31.5. The number of anilines is 2. The summed E-state index contributed by atoms with van der Waals surface area (Å²) in [5.74, 6) is -0.405. The van der Waals surface area contributed by atoms with Gasteiger partial charge in [-0.25, -0.2) is 0 Å². The molecule has 9 rings (SSSR count). The lowest BCUT2D eigenvalue weighted by Crippen LogP contribution is -2.42. The van der Waals surface area contributed by atoms with Crippen molar-refractivity contribution in [2.75, 3.05) is 84.3 Å². The van der Waals surface area contributed by atoms with Gasteiger partial charge in [-0.15, -0.1) is 0 Å². The van der Waals surface area contributed by atoms with Crippen LogP contribution in [0.15, 0.2) is 82.6 Å². The number of aryl methyl sites for hydroxylation is 4. The van der Waals surface area contributed by atoms with Crippen molar-refractivity contribution in [1.29, 1.82) is 0 Å². The van der Waals surface area contributed by atoms with E-state index in [4.69, 9.17) is 4.98 Å². The van der Waals surface area contributed by atoms with Crippen LogP contribution in [0.3, 0.4) is 0 Å². The molecule has 87 heavy (non-hydrogen) atoms. The average Bonchev–Trinajstić information content (AvgIpc) is 2.85. The Bertz CT molecular complexity index is 3450. The Morgan fingerprint density at radius 2 is 1.02 bits per heavy atom.